The first kappa shape index (κ1) is 25.6. The lowest BCUT2D eigenvalue weighted by molar-refractivity contribution is -0.216. The van der Waals surface area contributed by atoms with Gasteiger partial charge in [-0.3, -0.25) is 9.59 Å². The molecule has 5 aliphatic rings. The number of allylic oxidation sites excluding steroid dienone is 4. The summed E-state index contributed by atoms with van der Waals surface area (Å²) in [5.74, 6) is -6.88. The molecule has 5 aliphatic carbocycles. The predicted molar refractivity (Wildman–Crippen MR) is 126 cm³/mol. The zero-order chi connectivity index (χ0) is 26.2. The summed E-state index contributed by atoms with van der Waals surface area (Å²) in [7, 11) is 0. The molecule has 0 heterocycles. The second-order valence-corrected chi connectivity index (χ2v) is 12.4. The van der Waals surface area contributed by atoms with Gasteiger partial charge in [0.2, 0.25) is 17.2 Å². The molecule has 8 heteroatoms. The lowest BCUT2D eigenvalue weighted by atomic mass is 9.46. The summed E-state index contributed by atoms with van der Waals surface area (Å²) in [6.07, 6.45) is 5.47. The molecule has 0 radical (unpaired) electrons. The molecule has 0 amide bonds. The van der Waals surface area contributed by atoms with Crippen LogP contribution in [-0.4, -0.2) is 39.6 Å². The molecule has 0 aromatic heterocycles. The number of carbonyl (C=O) groups is 3. The summed E-state index contributed by atoms with van der Waals surface area (Å²) in [5.41, 5.74) is -3.86. The molecule has 8 atom stereocenters. The number of ketones is 1. The van der Waals surface area contributed by atoms with Crippen molar-refractivity contribution in [2.45, 2.75) is 90.3 Å². The fourth-order valence-corrected chi connectivity index (χ4v) is 9.14. The molecule has 0 aromatic rings. The van der Waals surface area contributed by atoms with Crippen molar-refractivity contribution in [2.75, 3.05) is 0 Å². The van der Waals surface area contributed by atoms with Crippen molar-refractivity contribution < 1.29 is 38.1 Å². The third-order valence-corrected chi connectivity index (χ3v) is 10.8. The van der Waals surface area contributed by atoms with Crippen molar-refractivity contribution in [1.29, 1.82) is 0 Å². The predicted octanol–water partition coefficient (Wildman–Crippen LogP) is 5.05. The Hall–Kier alpha value is -2.09. The number of carboxylic acids is 1. The van der Waals surface area contributed by atoms with Crippen LogP contribution in [0.3, 0.4) is 0 Å². The standard InChI is InChI=1S/C28H36F2O6/c1-14-10-18-17-9-8-16-12-19(31)23(29)24(30)27(16,3)22(17)20(32)13-26(18,2)28(14,25(34)35)36-21(33)11-15-6-4-5-7-15/h12,14-15,17-18,20,22,32H,4-11,13H2,1-3H3,(H,34,35)/t14-,17+,18+,20+,22-,26+,27+,28+/m1/s1. The maximum Gasteiger partial charge on any atom is 0.349 e. The van der Waals surface area contributed by atoms with Crippen LogP contribution in [0.2, 0.25) is 0 Å². The van der Waals surface area contributed by atoms with Crippen LogP contribution < -0.4 is 0 Å². The van der Waals surface area contributed by atoms with Crippen molar-refractivity contribution in [1.82, 2.24) is 0 Å². The number of ether oxygens (including phenoxy) is 1. The molecule has 0 saturated heterocycles. The van der Waals surface area contributed by atoms with Gasteiger partial charge in [-0.2, -0.15) is 4.39 Å². The van der Waals surface area contributed by atoms with Crippen LogP contribution in [0, 0.1) is 40.4 Å². The van der Waals surface area contributed by atoms with E-state index in [4.69, 9.17) is 4.74 Å². The summed E-state index contributed by atoms with van der Waals surface area (Å²) < 4.78 is 35.9. The molecule has 0 bridgehead atoms. The summed E-state index contributed by atoms with van der Waals surface area (Å²) in [6.45, 7) is 5.10. The Balaban J connectivity index is 1.52. The number of carbonyl (C=O) groups excluding carboxylic acids is 2. The molecule has 0 aromatic carbocycles. The van der Waals surface area contributed by atoms with Gasteiger partial charge in [0.1, 0.15) is 5.83 Å². The maximum absolute atomic E-state index is 15.4. The Morgan fingerprint density at radius 1 is 1.17 bits per heavy atom. The number of fused-ring (bicyclic) bond motifs is 5. The van der Waals surface area contributed by atoms with Crippen LogP contribution in [-0.2, 0) is 19.1 Å². The van der Waals surface area contributed by atoms with E-state index >= 15 is 4.39 Å². The van der Waals surface area contributed by atoms with Gasteiger partial charge in [0, 0.05) is 29.1 Å². The molecule has 4 saturated carbocycles. The number of carboxylic acid groups (broad SMARTS) is 1. The van der Waals surface area contributed by atoms with Crippen LogP contribution >= 0.6 is 0 Å². The Morgan fingerprint density at radius 2 is 1.83 bits per heavy atom. The first-order chi connectivity index (χ1) is 16.9. The van der Waals surface area contributed by atoms with Gasteiger partial charge >= 0.3 is 11.9 Å². The van der Waals surface area contributed by atoms with E-state index in [1.165, 1.54) is 6.08 Å². The molecule has 0 aliphatic heterocycles. The molecular weight excluding hydrogens is 470 g/mol. The molecule has 0 unspecified atom stereocenters. The van der Waals surface area contributed by atoms with Gasteiger partial charge < -0.3 is 14.9 Å². The third kappa shape index (κ3) is 3.25. The topological polar surface area (TPSA) is 101 Å². The average Bonchev–Trinajstić information content (AvgIpc) is 3.38. The fourth-order valence-electron chi connectivity index (χ4n) is 9.14. The number of hydrogen-bond acceptors (Lipinski definition) is 5. The van der Waals surface area contributed by atoms with E-state index in [-0.39, 0.29) is 30.6 Å². The van der Waals surface area contributed by atoms with E-state index < -0.39 is 63.7 Å². The van der Waals surface area contributed by atoms with E-state index in [0.29, 0.717) is 24.8 Å². The number of hydrogen-bond donors (Lipinski definition) is 2. The zero-order valence-electron chi connectivity index (χ0n) is 21.2. The molecular formula is C28H36F2O6. The van der Waals surface area contributed by atoms with Crippen LogP contribution in [0.4, 0.5) is 8.78 Å². The number of esters is 1. The van der Waals surface area contributed by atoms with Gasteiger partial charge in [0.25, 0.3) is 0 Å². The van der Waals surface area contributed by atoms with Crippen molar-refractivity contribution in [3.63, 3.8) is 0 Å². The highest BCUT2D eigenvalue weighted by Gasteiger charge is 2.74. The normalized spacial score (nSPS) is 44.6. The van der Waals surface area contributed by atoms with Crippen molar-refractivity contribution in [3.8, 4) is 0 Å². The zero-order valence-corrected chi connectivity index (χ0v) is 21.2. The number of aliphatic hydroxyl groups is 1. The number of rotatable bonds is 4. The quantitative estimate of drug-likeness (QED) is 0.518. The number of aliphatic carboxylic acids is 1. The minimum atomic E-state index is -1.81. The van der Waals surface area contributed by atoms with Gasteiger partial charge in [-0.15, -0.1) is 0 Å². The van der Waals surface area contributed by atoms with Gasteiger partial charge in [-0.25, -0.2) is 9.18 Å². The minimum absolute atomic E-state index is 0.0160. The van der Waals surface area contributed by atoms with E-state index in [0.717, 1.165) is 25.7 Å². The number of aliphatic hydroxyl groups excluding tert-OH is 1. The smallest absolute Gasteiger partial charge is 0.349 e. The third-order valence-electron chi connectivity index (χ3n) is 10.8. The summed E-state index contributed by atoms with van der Waals surface area (Å²) >= 11 is 0. The van der Waals surface area contributed by atoms with Crippen LogP contribution in [0.5, 0.6) is 0 Å². The fraction of sp³-hybridized carbons (Fsp3) is 0.750. The van der Waals surface area contributed by atoms with Crippen LogP contribution in [0.25, 0.3) is 0 Å². The molecule has 2 N–H and O–H groups in total. The van der Waals surface area contributed by atoms with E-state index in [2.05, 4.69) is 0 Å². The van der Waals surface area contributed by atoms with Gasteiger partial charge in [-0.05, 0) is 69.3 Å². The van der Waals surface area contributed by atoms with Gasteiger partial charge in [0.15, 0.2) is 0 Å². The maximum atomic E-state index is 15.4. The van der Waals surface area contributed by atoms with Crippen molar-refractivity contribution >= 4 is 17.7 Å². The highest BCUT2D eigenvalue weighted by Crippen LogP contribution is 2.70. The number of halogens is 2. The van der Waals surface area contributed by atoms with Crippen molar-refractivity contribution in [3.05, 3.63) is 23.3 Å². The minimum Gasteiger partial charge on any atom is -0.478 e. The second kappa shape index (κ2) is 8.47. The molecule has 0 spiro atoms. The Kier molecular flexibility index (Phi) is 6.01. The van der Waals surface area contributed by atoms with Crippen molar-refractivity contribution in [2.24, 2.45) is 40.4 Å². The van der Waals surface area contributed by atoms with E-state index in [1.807, 2.05) is 0 Å². The Bertz CT molecular complexity index is 1060. The first-order valence-corrected chi connectivity index (χ1v) is 13.3. The molecule has 36 heavy (non-hydrogen) atoms. The summed E-state index contributed by atoms with van der Waals surface area (Å²) in [6, 6.07) is 0. The molecule has 198 valence electrons. The lowest BCUT2D eigenvalue weighted by Gasteiger charge is -2.59. The highest BCUT2D eigenvalue weighted by atomic mass is 19.2. The first-order valence-electron chi connectivity index (χ1n) is 13.3. The Morgan fingerprint density at radius 3 is 2.47 bits per heavy atom. The van der Waals surface area contributed by atoms with E-state index in [9.17, 15) is 29.0 Å². The van der Waals surface area contributed by atoms with E-state index in [1.54, 1.807) is 20.8 Å². The van der Waals surface area contributed by atoms with Crippen LogP contribution in [0.1, 0.15) is 78.6 Å². The average molecular weight is 507 g/mol. The van der Waals surface area contributed by atoms with Gasteiger partial charge in [0.05, 0.1) is 6.10 Å². The summed E-state index contributed by atoms with van der Waals surface area (Å²) in [4.78, 5) is 38.0. The Labute approximate surface area is 210 Å². The SMILES string of the molecule is C[C@@H]1C[C@H]2[C@@H]3CCC4=CC(=O)C(F)=C(F)[C@]4(C)[C@H]3[C@@H](O)C[C@]2(C)[C@@]1(OC(=O)CC1CCCC1)C(=O)O. The second-order valence-electron chi connectivity index (χ2n) is 12.4. The molecule has 4 fully saturated rings. The molecule has 5 rings (SSSR count). The lowest BCUT2D eigenvalue weighted by Crippen LogP contribution is -2.64. The largest absolute Gasteiger partial charge is 0.478 e. The highest BCUT2D eigenvalue weighted by molar-refractivity contribution is 6.04. The van der Waals surface area contributed by atoms with Crippen LogP contribution in [0.15, 0.2) is 23.3 Å². The van der Waals surface area contributed by atoms with Gasteiger partial charge in [-0.1, -0.05) is 32.3 Å². The summed E-state index contributed by atoms with van der Waals surface area (Å²) in [5, 5.41) is 22.0. The molecule has 6 nitrogen and oxygen atoms in total. The monoisotopic (exact) mass is 506 g/mol.